The van der Waals surface area contributed by atoms with Crippen LogP contribution in [0.25, 0.3) is 22.9 Å². The van der Waals surface area contributed by atoms with E-state index in [0.29, 0.717) is 23.3 Å². The highest BCUT2D eigenvalue weighted by molar-refractivity contribution is 6.33. The fraction of sp³-hybridized carbons (Fsp3) is 0.130. The maximum atomic E-state index is 6.25. The number of nitrogens with zero attached hydrogens (tertiary/aromatic N) is 2. The molecule has 0 fully saturated rings. The average molecular weight is 390 g/mol. The van der Waals surface area contributed by atoms with E-state index in [1.165, 1.54) is 5.56 Å². The number of benzene rings is 3. The summed E-state index contributed by atoms with van der Waals surface area (Å²) in [5, 5.41) is 12.5. The van der Waals surface area contributed by atoms with Gasteiger partial charge in [0.25, 0.3) is 0 Å². The molecule has 5 heteroatoms. The van der Waals surface area contributed by atoms with Crippen LogP contribution in [0.1, 0.15) is 18.1 Å². The third kappa shape index (κ3) is 3.92. The number of aryl methyl sites for hydroxylation is 1. The summed E-state index contributed by atoms with van der Waals surface area (Å²) in [5.74, 6) is 0.897. The van der Waals surface area contributed by atoms with Crippen LogP contribution in [0.5, 0.6) is 0 Å². The van der Waals surface area contributed by atoms with Crippen LogP contribution in [0.3, 0.4) is 0 Å². The first-order chi connectivity index (χ1) is 13.7. The van der Waals surface area contributed by atoms with Crippen LogP contribution in [0.15, 0.2) is 77.2 Å². The molecule has 0 unspecified atom stereocenters. The van der Waals surface area contributed by atoms with E-state index in [1.54, 1.807) is 0 Å². The van der Waals surface area contributed by atoms with Gasteiger partial charge in [-0.25, -0.2) is 0 Å². The molecule has 0 saturated carbocycles. The lowest BCUT2D eigenvalue weighted by molar-refractivity contribution is 0.584. The summed E-state index contributed by atoms with van der Waals surface area (Å²) in [6.07, 6.45) is 1.01. The van der Waals surface area contributed by atoms with Crippen LogP contribution in [-0.4, -0.2) is 10.2 Å². The maximum Gasteiger partial charge on any atom is 0.249 e. The lowest BCUT2D eigenvalue weighted by Crippen LogP contribution is -2.01. The standard InChI is InChI=1S/C23H20ClN3O/c1-2-16-8-7-10-18(14-16)25-15-17-9-3-4-11-19(17)22-26-27-23(28-22)20-12-5-6-13-21(20)24/h3-14,25H,2,15H2,1H3. The molecule has 0 bridgehead atoms. The molecule has 1 aromatic heterocycles. The summed E-state index contributed by atoms with van der Waals surface area (Å²) in [4.78, 5) is 0. The van der Waals surface area contributed by atoms with Crippen molar-refractivity contribution in [2.75, 3.05) is 5.32 Å². The zero-order valence-corrected chi connectivity index (χ0v) is 16.3. The van der Waals surface area contributed by atoms with E-state index >= 15 is 0 Å². The van der Waals surface area contributed by atoms with Gasteiger partial charge in [-0.05, 0) is 47.9 Å². The SMILES string of the molecule is CCc1cccc(NCc2ccccc2-c2nnc(-c3ccccc3Cl)o2)c1. The molecule has 4 aromatic rings. The van der Waals surface area contributed by atoms with Gasteiger partial charge in [0.15, 0.2) is 0 Å². The van der Waals surface area contributed by atoms with E-state index in [9.17, 15) is 0 Å². The highest BCUT2D eigenvalue weighted by Gasteiger charge is 2.15. The number of aromatic nitrogens is 2. The average Bonchev–Trinajstić information content (AvgIpc) is 3.23. The van der Waals surface area contributed by atoms with Gasteiger partial charge in [-0.3, -0.25) is 0 Å². The molecule has 1 N–H and O–H groups in total. The monoisotopic (exact) mass is 389 g/mol. The van der Waals surface area contributed by atoms with Gasteiger partial charge in [0, 0.05) is 17.8 Å². The first-order valence-electron chi connectivity index (χ1n) is 9.24. The summed E-state index contributed by atoms with van der Waals surface area (Å²) >= 11 is 6.25. The van der Waals surface area contributed by atoms with Crippen LogP contribution < -0.4 is 5.32 Å². The maximum absolute atomic E-state index is 6.25. The van der Waals surface area contributed by atoms with Gasteiger partial charge in [0.1, 0.15) is 0 Å². The predicted molar refractivity (Wildman–Crippen MR) is 113 cm³/mol. The second kappa shape index (κ2) is 8.28. The van der Waals surface area contributed by atoms with Crippen LogP contribution >= 0.6 is 11.6 Å². The second-order valence-electron chi connectivity index (χ2n) is 6.46. The zero-order chi connectivity index (χ0) is 19.3. The van der Waals surface area contributed by atoms with E-state index in [1.807, 2.05) is 42.5 Å². The van der Waals surface area contributed by atoms with Gasteiger partial charge in [-0.2, -0.15) is 0 Å². The Bertz CT molecular complexity index is 1090. The van der Waals surface area contributed by atoms with Gasteiger partial charge in [0.2, 0.25) is 11.8 Å². The fourth-order valence-electron chi connectivity index (χ4n) is 3.06. The lowest BCUT2D eigenvalue weighted by atomic mass is 10.1. The number of hydrogen-bond donors (Lipinski definition) is 1. The summed E-state index contributed by atoms with van der Waals surface area (Å²) in [7, 11) is 0. The molecule has 0 aliphatic heterocycles. The predicted octanol–water partition coefficient (Wildman–Crippen LogP) is 6.23. The fourth-order valence-corrected chi connectivity index (χ4v) is 3.27. The van der Waals surface area contributed by atoms with Crippen LogP contribution in [0, 0.1) is 0 Å². The van der Waals surface area contributed by atoms with Crippen LogP contribution in [0.2, 0.25) is 5.02 Å². The van der Waals surface area contributed by atoms with E-state index < -0.39 is 0 Å². The van der Waals surface area contributed by atoms with Crippen molar-refractivity contribution in [1.29, 1.82) is 0 Å². The molecule has 1 heterocycles. The lowest BCUT2D eigenvalue weighted by Gasteiger charge is -2.10. The van der Waals surface area contributed by atoms with E-state index in [0.717, 1.165) is 28.8 Å². The molecular weight excluding hydrogens is 370 g/mol. The van der Waals surface area contributed by atoms with E-state index in [4.69, 9.17) is 16.0 Å². The highest BCUT2D eigenvalue weighted by atomic mass is 35.5. The van der Waals surface area contributed by atoms with E-state index in [-0.39, 0.29) is 0 Å². The topological polar surface area (TPSA) is 51.0 Å². The molecule has 140 valence electrons. The van der Waals surface area contributed by atoms with Crippen molar-refractivity contribution < 1.29 is 4.42 Å². The second-order valence-corrected chi connectivity index (χ2v) is 6.86. The van der Waals surface area contributed by atoms with Crippen molar-refractivity contribution in [2.45, 2.75) is 19.9 Å². The van der Waals surface area contributed by atoms with Crippen molar-refractivity contribution in [3.05, 3.63) is 88.9 Å². The molecule has 3 aromatic carbocycles. The minimum atomic E-state index is 0.416. The van der Waals surface area contributed by atoms with Crippen molar-refractivity contribution in [1.82, 2.24) is 10.2 Å². The summed E-state index contributed by atoms with van der Waals surface area (Å²) < 4.78 is 5.93. The van der Waals surface area contributed by atoms with Crippen LogP contribution in [0.4, 0.5) is 5.69 Å². The molecule has 0 radical (unpaired) electrons. The Morgan fingerprint density at radius 2 is 1.57 bits per heavy atom. The third-order valence-electron chi connectivity index (χ3n) is 4.60. The molecule has 4 rings (SSSR count). The smallest absolute Gasteiger partial charge is 0.249 e. The highest BCUT2D eigenvalue weighted by Crippen LogP contribution is 2.30. The third-order valence-corrected chi connectivity index (χ3v) is 4.92. The summed E-state index contributed by atoms with van der Waals surface area (Å²) in [6.45, 7) is 2.81. The number of anilines is 1. The van der Waals surface area contributed by atoms with Gasteiger partial charge in [0.05, 0.1) is 10.6 Å². The molecule has 0 aliphatic rings. The number of hydrogen-bond acceptors (Lipinski definition) is 4. The molecule has 4 nitrogen and oxygen atoms in total. The molecular formula is C23H20ClN3O. The first kappa shape index (κ1) is 18.3. The Labute approximate surface area is 169 Å². The van der Waals surface area contributed by atoms with E-state index in [2.05, 4.69) is 52.8 Å². The van der Waals surface area contributed by atoms with Gasteiger partial charge in [-0.1, -0.05) is 61.0 Å². The van der Waals surface area contributed by atoms with Crippen molar-refractivity contribution >= 4 is 17.3 Å². The minimum absolute atomic E-state index is 0.416. The first-order valence-corrected chi connectivity index (χ1v) is 9.62. The molecule has 0 aliphatic carbocycles. The number of rotatable bonds is 6. The quantitative estimate of drug-likeness (QED) is 0.424. The minimum Gasteiger partial charge on any atom is -0.416 e. The normalized spacial score (nSPS) is 10.8. The Morgan fingerprint density at radius 1 is 0.857 bits per heavy atom. The van der Waals surface area contributed by atoms with Gasteiger partial charge in [-0.15, -0.1) is 10.2 Å². The van der Waals surface area contributed by atoms with Crippen molar-refractivity contribution in [3.8, 4) is 22.9 Å². The van der Waals surface area contributed by atoms with Gasteiger partial charge >= 0.3 is 0 Å². The zero-order valence-electron chi connectivity index (χ0n) is 15.5. The molecule has 0 amide bonds. The molecule has 0 spiro atoms. The Kier molecular flexibility index (Phi) is 5.40. The Morgan fingerprint density at radius 3 is 2.36 bits per heavy atom. The largest absolute Gasteiger partial charge is 0.416 e. The molecule has 28 heavy (non-hydrogen) atoms. The molecule has 0 saturated heterocycles. The van der Waals surface area contributed by atoms with Crippen molar-refractivity contribution in [2.24, 2.45) is 0 Å². The summed E-state index contributed by atoms with van der Waals surface area (Å²) in [6, 6.07) is 23.9. The number of nitrogens with one attached hydrogen (secondary N) is 1. The Balaban J connectivity index is 1.59. The van der Waals surface area contributed by atoms with Crippen molar-refractivity contribution in [3.63, 3.8) is 0 Å². The summed E-state index contributed by atoms with van der Waals surface area (Å²) in [5.41, 5.74) is 5.12. The van der Waals surface area contributed by atoms with Gasteiger partial charge < -0.3 is 9.73 Å². The Hall–Kier alpha value is -3.11. The molecule has 0 atom stereocenters. The number of halogens is 1. The van der Waals surface area contributed by atoms with Crippen LogP contribution in [-0.2, 0) is 13.0 Å².